The molecule has 0 saturated carbocycles. The number of phenolic OH excluding ortho intramolecular Hbond substituents is 1. The molecular weight excluding hydrogens is 196 g/mol. The number of halogens is 1. The van der Waals surface area contributed by atoms with Gasteiger partial charge in [0, 0.05) is 5.56 Å². The lowest BCUT2D eigenvalue weighted by Gasteiger charge is -2.05. The Kier molecular flexibility index (Phi) is 2.42. The van der Waals surface area contributed by atoms with Gasteiger partial charge >= 0.3 is 0 Å². The Balaban J connectivity index is 2.58. The Hall–Kier alpha value is -1.47. The Bertz CT molecular complexity index is 437. The van der Waals surface area contributed by atoms with Crippen molar-refractivity contribution < 1.29 is 5.11 Å². The van der Waals surface area contributed by atoms with Gasteiger partial charge in [0.25, 0.3) is 0 Å². The van der Waals surface area contributed by atoms with Gasteiger partial charge in [0.15, 0.2) is 0 Å². The van der Waals surface area contributed by atoms with Crippen LogP contribution in [-0.2, 0) is 0 Å². The van der Waals surface area contributed by atoms with Crippen LogP contribution in [0.5, 0.6) is 5.75 Å². The van der Waals surface area contributed by atoms with Crippen molar-refractivity contribution in [3.63, 3.8) is 0 Å². The van der Waals surface area contributed by atoms with Crippen molar-refractivity contribution in [1.29, 1.82) is 0 Å². The molecule has 0 aromatic heterocycles. The predicted octanol–water partition coefficient (Wildman–Crippen LogP) is 3.71. The van der Waals surface area contributed by atoms with Crippen molar-refractivity contribution in [2.24, 2.45) is 0 Å². The molecule has 2 heteroatoms. The van der Waals surface area contributed by atoms with Crippen LogP contribution in [0.1, 0.15) is 0 Å². The van der Waals surface area contributed by atoms with Crippen LogP contribution in [0.25, 0.3) is 11.1 Å². The van der Waals surface area contributed by atoms with Gasteiger partial charge in [-0.05, 0) is 11.6 Å². The minimum Gasteiger partial charge on any atom is -0.506 e. The first-order valence-electron chi connectivity index (χ1n) is 4.32. The van der Waals surface area contributed by atoms with E-state index in [4.69, 9.17) is 11.6 Å². The maximum atomic E-state index is 9.72. The number of aromatic hydroxyl groups is 1. The van der Waals surface area contributed by atoms with Crippen LogP contribution in [0.15, 0.2) is 48.5 Å². The molecule has 0 spiro atoms. The number of para-hydroxylation sites is 1. The molecule has 0 aliphatic heterocycles. The molecule has 2 aromatic rings. The number of rotatable bonds is 1. The van der Waals surface area contributed by atoms with E-state index in [-0.39, 0.29) is 5.75 Å². The van der Waals surface area contributed by atoms with Gasteiger partial charge in [-0.25, -0.2) is 0 Å². The molecule has 0 atom stereocenters. The van der Waals surface area contributed by atoms with E-state index in [0.29, 0.717) is 5.02 Å². The SMILES string of the molecule is Oc1c(Cl)cccc1-c1ccccc1. The molecule has 14 heavy (non-hydrogen) atoms. The fourth-order valence-electron chi connectivity index (χ4n) is 1.37. The standard InChI is InChI=1S/C12H9ClO/c13-11-8-4-7-10(12(11)14)9-5-2-1-3-6-9/h1-8,14H. The van der Waals surface area contributed by atoms with Crippen molar-refractivity contribution in [2.75, 3.05) is 0 Å². The topological polar surface area (TPSA) is 20.2 Å². The molecule has 2 aromatic carbocycles. The third-order valence-corrected chi connectivity index (χ3v) is 2.38. The Morgan fingerprint density at radius 3 is 2.29 bits per heavy atom. The van der Waals surface area contributed by atoms with E-state index in [1.807, 2.05) is 42.5 Å². The van der Waals surface area contributed by atoms with Crippen LogP contribution in [0, 0.1) is 0 Å². The summed E-state index contributed by atoms with van der Waals surface area (Å²) in [5.74, 6) is 0.139. The summed E-state index contributed by atoms with van der Waals surface area (Å²) in [4.78, 5) is 0. The highest BCUT2D eigenvalue weighted by atomic mass is 35.5. The third kappa shape index (κ3) is 1.59. The van der Waals surface area contributed by atoms with Crippen LogP contribution >= 0.6 is 11.6 Å². The first-order valence-corrected chi connectivity index (χ1v) is 4.70. The second-order valence-electron chi connectivity index (χ2n) is 3.00. The molecule has 1 nitrogen and oxygen atoms in total. The molecular formula is C12H9ClO. The summed E-state index contributed by atoms with van der Waals surface area (Å²) in [5.41, 5.74) is 1.73. The zero-order chi connectivity index (χ0) is 9.97. The summed E-state index contributed by atoms with van der Waals surface area (Å²) < 4.78 is 0. The number of hydrogen-bond acceptors (Lipinski definition) is 1. The Labute approximate surface area is 87.6 Å². The second kappa shape index (κ2) is 3.72. The van der Waals surface area contributed by atoms with Gasteiger partial charge in [0.2, 0.25) is 0 Å². The van der Waals surface area contributed by atoms with Gasteiger partial charge in [0.1, 0.15) is 5.75 Å². The van der Waals surface area contributed by atoms with Crippen LogP contribution in [-0.4, -0.2) is 5.11 Å². The molecule has 0 amide bonds. The molecule has 0 fully saturated rings. The largest absolute Gasteiger partial charge is 0.506 e. The van der Waals surface area contributed by atoms with Crippen LogP contribution < -0.4 is 0 Å². The molecule has 0 heterocycles. The summed E-state index contributed by atoms with van der Waals surface area (Å²) in [7, 11) is 0. The van der Waals surface area contributed by atoms with Crippen molar-refractivity contribution in [3.05, 3.63) is 53.6 Å². The fraction of sp³-hybridized carbons (Fsp3) is 0. The van der Waals surface area contributed by atoms with E-state index in [0.717, 1.165) is 11.1 Å². The molecule has 0 aliphatic rings. The first-order chi connectivity index (χ1) is 6.79. The average molecular weight is 205 g/mol. The molecule has 0 bridgehead atoms. The van der Waals surface area contributed by atoms with Crippen molar-refractivity contribution in [3.8, 4) is 16.9 Å². The zero-order valence-corrected chi connectivity index (χ0v) is 8.20. The van der Waals surface area contributed by atoms with E-state index >= 15 is 0 Å². The highest BCUT2D eigenvalue weighted by Crippen LogP contribution is 2.34. The summed E-state index contributed by atoms with van der Waals surface area (Å²) in [6.07, 6.45) is 0. The monoisotopic (exact) mass is 204 g/mol. The number of benzene rings is 2. The second-order valence-corrected chi connectivity index (χ2v) is 3.41. The highest BCUT2D eigenvalue weighted by Gasteiger charge is 2.05. The lowest BCUT2D eigenvalue weighted by atomic mass is 10.1. The summed E-state index contributed by atoms with van der Waals surface area (Å²) in [6, 6.07) is 15.0. The Morgan fingerprint density at radius 1 is 0.857 bits per heavy atom. The minimum atomic E-state index is 0.139. The van der Waals surface area contributed by atoms with Gasteiger partial charge in [-0.15, -0.1) is 0 Å². The van der Waals surface area contributed by atoms with Gasteiger partial charge < -0.3 is 5.11 Å². The van der Waals surface area contributed by atoms with Crippen molar-refractivity contribution in [2.45, 2.75) is 0 Å². The smallest absolute Gasteiger partial charge is 0.141 e. The van der Waals surface area contributed by atoms with E-state index in [1.54, 1.807) is 6.07 Å². The summed E-state index contributed by atoms with van der Waals surface area (Å²) >= 11 is 5.81. The highest BCUT2D eigenvalue weighted by molar-refractivity contribution is 6.32. The molecule has 0 radical (unpaired) electrons. The van der Waals surface area contributed by atoms with E-state index in [1.165, 1.54) is 0 Å². The van der Waals surface area contributed by atoms with Crippen molar-refractivity contribution >= 4 is 11.6 Å². The van der Waals surface area contributed by atoms with Gasteiger partial charge in [-0.2, -0.15) is 0 Å². The summed E-state index contributed by atoms with van der Waals surface area (Å²) in [5, 5.41) is 10.1. The maximum absolute atomic E-state index is 9.72. The van der Waals surface area contributed by atoms with Crippen LogP contribution in [0.3, 0.4) is 0 Å². The molecule has 2 rings (SSSR count). The fourth-order valence-corrected chi connectivity index (χ4v) is 1.54. The number of phenols is 1. The predicted molar refractivity (Wildman–Crippen MR) is 58.6 cm³/mol. The normalized spacial score (nSPS) is 10.1. The molecule has 70 valence electrons. The minimum absolute atomic E-state index is 0.139. The first kappa shape index (κ1) is 9.10. The molecule has 0 aliphatic carbocycles. The Morgan fingerprint density at radius 2 is 1.57 bits per heavy atom. The molecule has 1 N–H and O–H groups in total. The zero-order valence-electron chi connectivity index (χ0n) is 7.44. The van der Waals surface area contributed by atoms with Crippen LogP contribution in [0.2, 0.25) is 5.02 Å². The molecule has 0 unspecified atom stereocenters. The van der Waals surface area contributed by atoms with Crippen molar-refractivity contribution in [1.82, 2.24) is 0 Å². The number of hydrogen-bond donors (Lipinski definition) is 1. The lowest BCUT2D eigenvalue weighted by Crippen LogP contribution is -1.78. The van der Waals surface area contributed by atoms with Gasteiger partial charge in [0.05, 0.1) is 5.02 Å². The third-order valence-electron chi connectivity index (χ3n) is 2.07. The van der Waals surface area contributed by atoms with Gasteiger partial charge in [-0.1, -0.05) is 54.1 Å². The van der Waals surface area contributed by atoms with E-state index in [2.05, 4.69) is 0 Å². The lowest BCUT2D eigenvalue weighted by molar-refractivity contribution is 0.477. The van der Waals surface area contributed by atoms with Crippen LogP contribution in [0.4, 0.5) is 0 Å². The maximum Gasteiger partial charge on any atom is 0.141 e. The van der Waals surface area contributed by atoms with Gasteiger partial charge in [-0.3, -0.25) is 0 Å². The van der Waals surface area contributed by atoms with E-state index in [9.17, 15) is 5.11 Å². The average Bonchev–Trinajstić information content (AvgIpc) is 2.23. The quantitative estimate of drug-likeness (QED) is 0.751. The summed E-state index contributed by atoms with van der Waals surface area (Å²) in [6.45, 7) is 0. The molecule has 0 saturated heterocycles. The van der Waals surface area contributed by atoms with E-state index < -0.39 is 0 Å².